The number of likely N-dealkylation sites (N-methyl/N-ethyl adjacent to an activating group) is 1. The third kappa shape index (κ3) is 2.55. The van der Waals surface area contributed by atoms with Gasteiger partial charge in [0.2, 0.25) is 5.91 Å². The molecule has 0 radical (unpaired) electrons. The van der Waals surface area contributed by atoms with Crippen LogP contribution in [0.2, 0.25) is 0 Å². The van der Waals surface area contributed by atoms with Crippen LogP contribution in [-0.2, 0) is 17.8 Å². The summed E-state index contributed by atoms with van der Waals surface area (Å²) in [5.41, 5.74) is 1.38. The molecule has 6 nitrogen and oxygen atoms in total. The summed E-state index contributed by atoms with van der Waals surface area (Å²) in [7, 11) is 0. The molecule has 1 amide bonds. The van der Waals surface area contributed by atoms with Crippen molar-refractivity contribution >= 4 is 33.0 Å². The summed E-state index contributed by atoms with van der Waals surface area (Å²) in [6.07, 6.45) is 0.690. The summed E-state index contributed by atoms with van der Waals surface area (Å²) in [4.78, 5) is 26.7. The van der Waals surface area contributed by atoms with Crippen molar-refractivity contribution in [2.24, 2.45) is 0 Å². The van der Waals surface area contributed by atoms with Gasteiger partial charge < -0.3 is 4.90 Å². The van der Waals surface area contributed by atoms with Crippen LogP contribution in [0.15, 0.2) is 22.3 Å². The summed E-state index contributed by atoms with van der Waals surface area (Å²) in [5.74, 6) is 0.713. The Morgan fingerprint density at radius 2 is 2.00 bits per heavy atom. The summed E-state index contributed by atoms with van der Waals surface area (Å²) in [6.45, 7) is 7.12. The molecule has 0 bridgehead atoms. The SMILES string of the molecule is CCc1nn(CC(=O)N(CC)CC)c(=O)c2cc3sccc3n12. The number of carbonyl (C=O) groups excluding carboxylic acids is 1. The largest absolute Gasteiger partial charge is 0.342 e. The minimum absolute atomic E-state index is 0.0111. The van der Waals surface area contributed by atoms with Gasteiger partial charge in [0.05, 0.1) is 10.2 Å². The zero-order valence-corrected chi connectivity index (χ0v) is 14.4. The summed E-state index contributed by atoms with van der Waals surface area (Å²) in [5, 5.41) is 6.44. The van der Waals surface area contributed by atoms with E-state index in [1.807, 2.05) is 42.7 Å². The van der Waals surface area contributed by atoms with E-state index in [2.05, 4.69) is 5.10 Å². The van der Waals surface area contributed by atoms with E-state index >= 15 is 0 Å². The first-order valence-electron chi connectivity index (χ1n) is 7.87. The van der Waals surface area contributed by atoms with E-state index in [9.17, 15) is 9.59 Å². The highest BCUT2D eigenvalue weighted by atomic mass is 32.1. The molecule has 0 aromatic carbocycles. The predicted octanol–water partition coefficient (Wildman–Crippen LogP) is 2.14. The lowest BCUT2D eigenvalue weighted by Crippen LogP contribution is -2.38. The molecule has 0 saturated heterocycles. The van der Waals surface area contributed by atoms with Crippen LogP contribution in [0.5, 0.6) is 0 Å². The topological polar surface area (TPSA) is 59.6 Å². The van der Waals surface area contributed by atoms with E-state index in [0.717, 1.165) is 16.0 Å². The molecule has 3 heterocycles. The number of carbonyl (C=O) groups is 1. The lowest BCUT2D eigenvalue weighted by Gasteiger charge is -2.19. The van der Waals surface area contributed by atoms with Gasteiger partial charge in [0.25, 0.3) is 5.56 Å². The fourth-order valence-corrected chi connectivity index (χ4v) is 3.67. The first-order valence-corrected chi connectivity index (χ1v) is 8.75. The molecule has 122 valence electrons. The normalized spacial score (nSPS) is 11.4. The molecule has 0 unspecified atom stereocenters. The fraction of sp³-hybridized carbons (Fsp3) is 0.438. The number of aromatic nitrogens is 3. The maximum Gasteiger partial charge on any atom is 0.291 e. The molecule has 0 N–H and O–H groups in total. The van der Waals surface area contributed by atoms with E-state index in [4.69, 9.17) is 0 Å². The molecule has 3 rings (SSSR count). The van der Waals surface area contributed by atoms with Gasteiger partial charge in [0, 0.05) is 19.5 Å². The molecule has 23 heavy (non-hydrogen) atoms. The molecule has 3 aromatic rings. The number of amides is 1. The van der Waals surface area contributed by atoms with Crippen LogP contribution in [0.25, 0.3) is 15.7 Å². The maximum absolute atomic E-state index is 12.7. The summed E-state index contributed by atoms with van der Waals surface area (Å²) >= 11 is 1.60. The standard InChI is InChI=1S/C16H20N4O2S/c1-4-14-17-19(10-15(21)18(5-2)6-3)16(22)12-9-13-11(20(12)14)7-8-23-13/h7-9H,4-6,10H2,1-3H3. The van der Waals surface area contributed by atoms with Crippen LogP contribution < -0.4 is 5.56 Å². The van der Waals surface area contributed by atoms with Crippen LogP contribution in [0.1, 0.15) is 26.6 Å². The predicted molar refractivity (Wildman–Crippen MR) is 92.1 cm³/mol. The Labute approximate surface area is 137 Å². The molecule has 3 aromatic heterocycles. The molecule has 0 aliphatic rings. The number of aryl methyl sites for hydroxylation is 1. The molecule has 0 aliphatic carbocycles. The van der Waals surface area contributed by atoms with Crippen molar-refractivity contribution in [3.05, 3.63) is 33.7 Å². The quantitative estimate of drug-likeness (QED) is 0.719. The van der Waals surface area contributed by atoms with E-state index < -0.39 is 0 Å². The second kappa shape index (κ2) is 6.16. The smallest absolute Gasteiger partial charge is 0.291 e. The van der Waals surface area contributed by atoms with Crippen LogP contribution in [0, 0.1) is 0 Å². The minimum Gasteiger partial charge on any atom is -0.342 e. The highest BCUT2D eigenvalue weighted by Crippen LogP contribution is 2.24. The van der Waals surface area contributed by atoms with Crippen molar-refractivity contribution in [3.63, 3.8) is 0 Å². The molecule has 7 heteroatoms. The van der Waals surface area contributed by atoms with Gasteiger partial charge in [0.15, 0.2) is 0 Å². The first kappa shape index (κ1) is 15.7. The van der Waals surface area contributed by atoms with E-state index in [0.29, 0.717) is 25.0 Å². The molecule has 0 aliphatic heterocycles. The van der Waals surface area contributed by atoms with Gasteiger partial charge in [-0.15, -0.1) is 11.3 Å². The average Bonchev–Trinajstić information content (AvgIpc) is 3.12. The van der Waals surface area contributed by atoms with Gasteiger partial charge in [-0.1, -0.05) is 6.92 Å². The third-order valence-corrected chi connectivity index (χ3v) is 4.94. The Balaban J connectivity index is 2.13. The van der Waals surface area contributed by atoms with Crippen LogP contribution >= 0.6 is 11.3 Å². The first-order chi connectivity index (χ1) is 11.1. The van der Waals surface area contributed by atoms with Gasteiger partial charge in [-0.25, -0.2) is 4.68 Å². The highest BCUT2D eigenvalue weighted by Gasteiger charge is 2.17. The lowest BCUT2D eigenvalue weighted by atomic mass is 10.4. The third-order valence-electron chi connectivity index (χ3n) is 4.09. The minimum atomic E-state index is -0.217. The number of hydrogen-bond donors (Lipinski definition) is 0. The molecule has 0 atom stereocenters. The van der Waals surface area contributed by atoms with Crippen molar-refractivity contribution in [1.29, 1.82) is 0 Å². The van der Waals surface area contributed by atoms with Gasteiger partial charge in [-0.3, -0.25) is 14.0 Å². The number of nitrogens with zero attached hydrogens (tertiary/aromatic N) is 4. The second-order valence-electron chi connectivity index (χ2n) is 5.33. The zero-order valence-electron chi connectivity index (χ0n) is 13.6. The number of hydrogen-bond acceptors (Lipinski definition) is 4. The molecule has 0 saturated carbocycles. The van der Waals surface area contributed by atoms with Crippen molar-refractivity contribution in [2.45, 2.75) is 33.7 Å². The van der Waals surface area contributed by atoms with E-state index in [1.165, 1.54) is 4.68 Å². The lowest BCUT2D eigenvalue weighted by molar-refractivity contribution is -0.131. The van der Waals surface area contributed by atoms with Crippen LogP contribution in [0.4, 0.5) is 0 Å². The van der Waals surface area contributed by atoms with Gasteiger partial charge in [0.1, 0.15) is 17.9 Å². The van der Waals surface area contributed by atoms with E-state index in [-0.39, 0.29) is 18.0 Å². The number of thiophene rings is 1. The molecular weight excluding hydrogens is 312 g/mol. The Morgan fingerprint density at radius 1 is 1.26 bits per heavy atom. The average molecular weight is 332 g/mol. The van der Waals surface area contributed by atoms with Crippen molar-refractivity contribution in [3.8, 4) is 0 Å². The van der Waals surface area contributed by atoms with Gasteiger partial charge >= 0.3 is 0 Å². The Bertz CT molecular complexity index is 917. The van der Waals surface area contributed by atoms with Crippen molar-refractivity contribution < 1.29 is 4.79 Å². The van der Waals surface area contributed by atoms with Crippen molar-refractivity contribution in [2.75, 3.05) is 13.1 Å². The zero-order chi connectivity index (χ0) is 16.6. The molecular formula is C16H20N4O2S. The summed E-state index contributed by atoms with van der Waals surface area (Å²) < 4.78 is 4.27. The fourth-order valence-electron chi connectivity index (χ4n) is 2.86. The molecule has 0 spiro atoms. The van der Waals surface area contributed by atoms with E-state index in [1.54, 1.807) is 16.2 Å². The van der Waals surface area contributed by atoms with Crippen LogP contribution in [-0.4, -0.2) is 38.1 Å². The van der Waals surface area contributed by atoms with Crippen molar-refractivity contribution in [1.82, 2.24) is 19.1 Å². The summed E-state index contributed by atoms with van der Waals surface area (Å²) in [6, 6.07) is 3.89. The maximum atomic E-state index is 12.7. The Kier molecular flexibility index (Phi) is 4.21. The second-order valence-corrected chi connectivity index (χ2v) is 6.28. The van der Waals surface area contributed by atoms with Gasteiger partial charge in [-0.05, 0) is 31.4 Å². The highest BCUT2D eigenvalue weighted by molar-refractivity contribution is 7.17. The van der Waals surface area contributed by atoms with Crippen LogP contribution in [0.3, 0.4) is 0 Å². The Morgan fingerprint density at radius 3 is 2.65 bits per heavy atom. The molecule has 0 fully saturated rings. The number of fused-ring (bicyclic) bond motifs is 3. The Hall–Kier alpha value is -2.15. The monoisotopic (exact) mass is 332 g/mol. The number of rotatable bonds is 5. The van der Waals surface area contributed by atoms with Gasteiger partial charge in [-0.2, -0.15) is 5.10 Å².